The lowest BCUT2D eigenvalue weighted by atomic mass is 9.36. The Morgan fingerprint density at radius 3 is 2.38 bits per heavy atom. The highest BCUT2D eigenvalue weighted by molar-refractivity contribution is 6.64. The fourth-order valence-electron chi connectivity index (χ4n) is 11.5. The molecule has 11 atom stereocenters. The largest absolute Gasteiger partial charge is 0.455 e. The van der Waals surface area contributed by atoms with Crippen LogP contribution in [0.3, 0.4) is 0 Å². The van der Waals surface area contributed by atoms with Gasteiger partial charge in [-0.1, -0.05) is 58.0 Å². The summed E-state index contributed by atoms with van der Waals surface area (Å²) in [4.78, 5) is 58.8. The summed E-state index contributed by atoms with van der Waals surface area (Å²) in [7, 11) is 3.22. The van der Waals surface area contributed by atoms with Gasteiger partial charge in [-0.15, -0.1) is 0 Å². The predicted octanol–water partition coefficient (Wildman–Crippen LogP) is 2.84. The maximum absolute atomic E-state index is 14.6. The van der Waals surface area contributed by atoms with Crippen LogP contribution in [0.1, 0.15) is 91.7 Å². The lowest BCUT2D eigenvalue weighted by Gasteiger charge is -2.69. The number of nitrogens with zero attached hydrogens (tertiary/aromatic N) is 2. The molecule has 1 aromatic rings. The molecule has 4 aliphatic carbocycles. The van der Waals surface area contributed by atoms with E-state index in [9.17, 15) is 34.5 Å². The minimum atomic E-state index is -1.66. The molecule has 1 radical (unpaired) electrons. The Bertz CT molecular complexity index is 1650. The first-order chi connectivity index (χ1) is 25.9. The molecule has 6 rings (SSSR count). The molecule has 0 amide bonds. The van der Waals surface area contributed by atoms with Gasteiger partial charge < -0.3 is 44.6 Å². The van der Waals surface area contributed by atoms with E-state index in [1.807, 2.05) is 26.8 Å². The molecule has 4 N–H and O–H groups in total. The Hall–Kier alpha value is -2.94. The quantitative estimate of drug-likeness (QED) is 0.107. The Balaban J connectivity index is 1.33. The number of carbonyl (C=O) groups is 4. The number of rotatable bonds is 12. The van der Waals surface area contributed by atoms with Crippen molar-refractivity contribution in [3.63, 3.8) is 0 Å². The van der Waals surface area contributed by atoms with Gasteiger partial charge in [-0.3, -0.25) is 9.59 Å². The molecule has 4 fully saturated rings. The van der Waals surface area contributed by atoms with Crippen LogP contribution in [0.5, 0.6) is 0 Å². The molecule has 301 valence electrons. The Kier molecular flexibility index (Phi) is 12.0. The van der Waals surface area contributed by atoms with Crippen LogP contribution < -0.4 is 5.23 Å². The van der Waals surface area contributed by atoms with E-state index in [-0.39, 0.29) is 29.7 Å². The van der Waals surface area contributed by atoms with E-state index in [0.29, 0.717) is 36.7 Å². The van der Waals surface area contributed by atoms with Crippen LogP contribution in [0.4, 0.5) is 0 Å². The van der Waals surface area contributed by atoms with Crippen molar-refractivity contribution in [2.75, 3.05) is 39.8 Å². The summed E-state index contributed by atoms with van der Waals surface area (Å²) < 4.78 is 12.3. The van der Waals surface area contributed by atoms with E-state index >= 15 is 0 Å². The lowest BCUT2D eigenvalue weighted by Crippen LogP contribution is -2.72. The summed E-state index contributed by atoms with van der Waals surface area (Å²) >= 11 is 0. The number of aliphatic hydroxyl groups excluding tert-OH is 2. The number of ether oxygens (including phenoxy) is 2. The molecular formula is C42H61BN3O9. The first kappa shape index (κ1) is 41.7. The fourth-order valence-corrected chi connectivity index (χ4v) is 11.5. The van der Waals surface area contributed by atoms with Crippen LogP contribution in [-0.4, -0.2) is 126 Å². The van der Waals surface area contributed by atoms with Gasteiger partial charge in [0.05, 0.1) is 29.3 Å². The van der Waals surface area contributed by atoms with E-state index in [4.69, 9.17) is 9.47 Å². The van der Waals surface area contributed by atoms with Crippen LogP contribution in [0.2, 0.25) is 0 Å². The van der Waals surface area contributed by atoms with Gasteiger partial charge in [-0.25, -0.2) is 4.79 Å². The molecular weight excluding hydrogens is 701 g/mol. The van der Waals surface area contributed by atoms with Gasteiger partial charge >= 0.3 is 11.9 Å². The average Bonchev–Trinajstić information content (AvgIpc) is 3.14. The van der Waals surface area contributed by atoms with Crippen molar-refractivity contribution >= 4 is 31.3 Å². The molecule has 0 spiro atoms. The molecule has 0 unspecified atom stereocenters. The minimum absolute atomic E-state index is 0.0395. The molecule has 0 aromatic heterocycles. The number of likely N-dealkylation sites (N-methyl/N-ethyl adjacent to an activating group) is 1. The molecule has 13 heteroatoms. The van der Waals surface area contributed by atoms with Crippen LogP contribution in [0.15, 0.2) is 41.5 Å². The first-order valence-corrected chi connectivity index (χ1v) is 20.1. The third-order valence-corrected chi connectivity index (χ3v) is 15.0. The van der Waals surface area contributed by atoms with Gasteiger partial charge in [0.25, 0.3) is 7.41 Å². The van der Waals surface area contributed by atoms with E-state index in [2.05, 4.69) is 29.0 Å². The Morgan fingerprint density at radius 1 is 1.09 bits per heavy atom. The molecule has 55 heavy (non-hydrogen) atoms. The fraction of sp³-hybridized carbons (Fsp3) is 0.714. The van der Waals surface area contributed by atoms with E-state index in [1.54, 1.807) is 38.1 Å². The summed E-state index contributed by atoms with van der Waals surface area (Å²) in [5.74, 6) is -2.81. The van der Waals surface area contributed by atoms with Gasteiger partial charge in [-0.2, -0.15) is 0 Å². The van der Waals surface area contributed by atoms with Crippen LogP contribution in [-0.2, 0) is 28.7 Å². The molecule has 1 saturated heterocycles. The summed E-state index contributed by atoms with van der Waals surface area (Å²) in [6, 6.07) is 7.87. The zero-order chi connectivity index (χ0) is 40.1. The summed E-state index contributed by atoms with van der Waals surface area (Å²) in [5.41, 5.74) is -3.08. The monoisotopic (exact) mass is 762 g/mol. The third kappa shape index (κ3) is 7.16. The van der Waals surface area contributed by atoms with Crippen molar-refractivity contribution in [2.24, 2.45) is 34.0 Å². The van der Waals surface area contributed by atoms with E-state index < -0.39 is 76.4 Å². The summed E-state index contributed by atoms with van der Waals surface area (Å²) in [6.07, 6.45) is -1.94. The maximum Gasteiger partial charge on any atom is 0.350 e. The van der Waals surface area contributed by atoms with Crippen molar-refractivity contribution in [2.45, 2.75) is 116 Å². The van der Waals surface area contributed by atoms with Gasteiger partial charge in [-0.05, 0) is 93.0 Å². The normalized spacial score (nSPS) is 37.2. The number of carbonyl (C=O) groups excluding carboxylic acids is 4. The second kappa shape index (κ2) is 15.8. The van der Waals surface area contributed by atoms with Crippen LogP contribution >= 0.6 is 0 Å². The maximum atomic E-state index is 14.6. The lowest BCUT2D eigenvalue weighted by molar-refractivity contribution is -0.246. The van der Waals surface area contributed by atoms with Gasteiger partial charge in [0.15, 0.2) is 5.78 Å². The first-order valence-electron chi connectivity index (χ1n) is 20.1. The standard InChI is InChI=1S/C42H61BN3O9/c1-25-29(23-42(53)26(2)36-40(5)16-15-28(40)22-30(48)41(36,6)37(51)34(50)32(25)39(42,3)4)54-38(52)35(33(44-43-24-47)27-12-9-8-10-13-27)55-31(49)14-11-17-46-20-18-45(7)19-21-46/h8-10,12-13,24,26,28-30,33-36,44,48,50,53H,11,14-23H2,1-7H3/t26-,28+,29-,30-,33-,34+,35+,36+,40+,41+,42+/m0/s1. The second-order valence-corrected chi connectivity index (χ2v) is 18.1. The molecule has 2 bridgehead atoms. The van der Waals surface area contributed by atoms with Crippen molar-refractivity contribution < 1.29 is 44.0 Å². The average molecular weight is 763 g/mol. The highest BCUT2D eigenvalue weighted by Crippen LogP contribution is 2.70. The van der Waals surface area contributed by atoms with Gasteiger partial charge in [0.2, 0.25) is 6.10 Å². The number of hydrogen-bond acceptors (Lipinski definition) is 12. The number of fused-ring (bicyclic) bond motifs is 5. The Labute approximate surface area is 326 Å². The predicted molar refractivity (Wildman–Crippen MR) is 207 cm³/mol. The molecule has 1 heterocycles. The summed E-state index contributed by atoms with van der Waals surface area (Å²) in [6.45, 7) is 15.6. The number of piperazine rings is 1. The van der Waals surface area contributed by atoms with Crippen molar-refractivity contribution in [1.29, 1.82) is 0 Å². The number of ketones is 1. The zero-order valence-corrected chi connectivity index (χ0v) is 33.6. The van der Waals surface area contributed by atoms with Gasteiger partial charge in [0, 0.05) is 44.4 Å². The van der Waals surface area contributed by atoms with E-state index in [1.165, 1.54) is 0 Å². The summed E-state index contributed by atoms with van der Waals surface area (Å²) in [5, 5.41) is 39.8. The van der Waals surface area contributed by atoms with Crippen LogP contribution in [0.25, 0.3) is 0 Å². The van der Waals surface area contributed by atoms with E-state index in [0.717, 1.165) is 46.4 Å². The third-order valence-electron chi connectivity index (χ3n) is 15.0. The highest BCUT2D eigenvalue weighted by atomic mass is 16.6. The Morgan fingerprint density at radius 2 is 1.76 bits per heavy atom. The van der Waals surface area contributed by atoms with Crippen LogP contribution in [0, 0.1) is 34.0 Å². The zero-order valence-electron chi connectivity index (χ0n) is 33.6. The number of Topliss-reactive ketones (excluding diaryl/α,β-unsaturated/α-hetero) is 1. The molecule has 12 nitrogen and oxygen atoms in total. The molecule has 1 aromatic carbocycles. The molecule has 1 aliphatic heterocycles. The topological polar surface area (TPSA) is 166 Å². The smallest absolute Gasteiger partial charge is 0.350 e. The molecule has 3 saturated carbocycles. The number of benzene rings is 1. The minimum Gasteiger partial charge on any atom is -0.455 e. The molecule has 5 aliphatic rings. The highest BCUT2D eigenvalue weighted by Gasteiger charge is 2.72. The van der Waals surface area contributed by atoms with Gasteiger partial charge in [0.1, 0.15) is 12.2 Å². The number of aliphatic hydroxyl groups is 3. The second-order valence-electron chi connectivity index (χ2n) is 18.1. The SMILES string of the molecule is CC1=C2[C@@H](O)C(=O)[C@@]3(C)[C@H]([C@H](C)[C@](O)(C[C@@H]1OC(=O)[C@H](OC(=O)CCCN1CCN(C)CC1)[C@@H](N[B]C=O)c1ccccc1)C2(C)C)[C@]1(C)CC[C@@H]1C[C@@H]3O. The van der Waals surface area contributed by atoms with Crippen molar-refractivity contribution in [1.82, 2.24) is 15.0 Å². The number of nitrogens with one attached hydrogen (secondary N) is 1. The van der Waals surface area contributed by atoms with Crippen molar-refractivity contribution in [3.05, 3.63) is 47.0 Å². The number of esters is 2. The number of hydrogen-bond donors (Lipinski definition) is 4. The van der Waals surface area contributed by atoms with Crippen molar-refractivity contribution in [3.8, 4) is 0 Å².